The van der Waals surface area contributed by atoms with E-state index in [2.05, 4.69) is 5.32 Å². The highest BCUT2D eigenvalue weighted by Gasteiger charge is 2.36. The van der Waals surface area contributed by atoms with E-state index >= 15 is 0 Å². The van der Waals surface area contributed by atoms with E-state index in [0.29, 0.717) is 11.7 Å². The third-order valence-corrected chi connectivity index (χ3v) is 6.70. The largest absolute Gasteiger partial charge is 0.466 e. The van der Waals surface area contributed by atoms with Gasteiger partial charge in [0, 0.05) is 6.54 Å². The van der Waals surface area contributed by atoms with E-state index in [0.717, 1.165) is 32.1 Å². The molecule has 0 radical (unpaired) electrons. The molecule has 2 aliphatic rings. The number of ether oxygens (including phenoxy) is 2. The molecule has 0 spiro atoms. The third-order valence-electron chi connectivity index (χ3n) is 6.70. The van der Waals surface area contributed by atoms with Gasteiger partial charge in [-0.25, -0.2) is 4.79 Å². The molecular formula is C27H29F3N2O5. The lowest BCUT2D eigenvalue weighted by Crippen LogP contribution is -2.31. The minimum atomic E-state index is -4.64. The smallest absolute Gasteiger partial charge is 0.416 e. The molecule has 2 aromatic carbocycles. The van der Waals surface area contributed by atoms with Crippen LogP contribution in [0.5, 0.6) is 11.5 Å². The number of aliphatic hydroxyl groups excluding tert-OH is 1. The molecule has 4 rings (SSSR count). The second-order valence-electron chi connectivity index (χ2n) is 9.14. The fraction of sp³-hybridized carbons (Fsp3) is 0.407. The van der Waals surface area contributed by atoms with Crippen LogP contribution in [0.1, 0.15) is 49.1 Å². The van der Waals surface area contributed by atoms with Crippen molar-refractivity contribution in [1.29, 1.82) is 0 Å². The van der Waals surface area contributed by atoms with Crippen LogP contribution in [0.2, 0.25) is 0 Å². The number of halogens is 3. The predicted molar refractivity (Wildman–Crippen MR) is 130 cm³/mol. The predicted octanol–water partition coefficient (Wildman–Crippen LogP) is 5.22. The van der Waals surface area contributed by atoms with Crippen LogP contribution in [-0.2, 0) is 20.5 Å². The molecule has 1 amide bonds. The van der Waals surface area contributed by atoms with Gasteiger partial charge in [-0.15, -0.1) is 0 Å². The lowest BCUT2D eigenvalue weighted by Gasteiger charge is -2.22. The number of nitrogens with zero attached hydrogens (tertiary/aromatic N) is 1. The Bertz CT molecular complexity index is 1170. The van der Waals surface area contributed by atoms with Crippen molar-refractivity contribution >= 4 is 17.6 Å². The number of nitrogens with one attached hydrogen (secondary N) is 1. The van der Waals surface area contributed by atoms with Crippen LogP contribution in [0.3, 0.4) is 0 Å². The van der Waals surface area contributed by atoms with Gasteiger partial charge in [0.2, 0.25) is 0 Å². The fourth-order valence-corrected chi connectivity index (χ4v) is 4.75. The standard InChI is InChI=1S/C27H29F3N2O5/c1-36-26(35)21-16-32(13-14-33)25(34)24(21)31-22-15-19(27(28,29)30)9-12-23(22)37-20-10-7-18(8-11-20)17-5-3-2-4-6-17/h7-12,15,17,31,33H,2-6,13-14,16H2,1H3. The Balaban J connectivity index is 1.65. The molecule has 1 fully saturated rings. The highest BCUT2D eigenvalue weighted by Crippen LogP contribution is 2.39. The summed E-state index contributed by atoms with van der Waals surface area (Å²) >= 11 is 0. The van der Waals surface area contributed by atoms with Crippen LogP contribution in [0.25, 0.3) is 0 Å². The van der Waals surface area contributed by atoms with Crippen molar-refractivity contribution in [2.75, 3.05) is 32.1 Å². The Morgan fingerprint density at radius 1 is 1.11 bits per heavy atom. The monoisotopic (exact) mass is 518 g/mol. The maximum Gasteiger partial charge on any atom is 0.416 e. The molecule has 2 aromatic rings. The average Bonchev–Trinajstić information content (AvgIpc) is 3.20. The van der Waals surface area contributed by atoms with Gasteiger partial charge in [0.25, 0.3) is 5.91 Å². The van der Waals surface area contributed by atoms with Crippen molar-refractivity contribution in [1.82, 2.24) is 4.90 Å². The summed E-state index contributed by atoms with van der Waals surface area (Å²) in [5.41, 5.74) is -0.167. The molecule has 1 saturated carbocycles. The number of aliphatic hydroxyl groups is 1. The number of carbonyl (C=O) groups is 2. The minimum absolute atomic E-state index is 0.0449. The molecule has 2 N–H and O–H groups in total. The van der Waals surface area contributed by atoms with Gasteiger partial charge in [0.05, 0.1) is 37.1 Å². The zero-order valence-electron chi connectivity index (χ0n) is 20.4. The van der Waals surface area contributed by atoms with E-state index in [1.807, 2.05) is 12.1 Å². The molecule has 0 aromatic heterocycles. The van der Waals surface area contributed by atoms with Crippen molar-refractivity contribution in [3.63, 3.8) is 0 Å². The SMILES string of the molecule is COC(=O)C1=C(Nc2cc(C(F)(F)F)ccc2Oc2ccc(C3CCCCC3)cc2)C(=O)N(CCO)C1. The summed E-state index contributed by atoms with van der Waals surface area (Å²) in [5, 5.41) is 11.9. The van der Waals surface area contributed by atoms with E-state index in [9.17, 15) is 27.9 Å². The number of anilines is 1. The van der Waals surface area contributed by atoms with Gasteiger partial charge in [-0.1, -0.05) is 31.4 Å². The molecule has 37 heavy (non-hydrogen) atoms. The number of esters is 1. The van der Waals surface area contributed by atoms with Gasteiger partial charge in [0.15, 0.2) is 5.75 Å². The van der Waals surface area contributed by atoms with Crippen molar-refractivity contribution in [2.24, 2.45) is 0 Å². The van der Waals surface area contributed by atoms with Crippen LogP contribution in [-0.4, -0.2) is 48.7 Å². The third kappa shape index (κ3) is 6.07. The van der Waals surface area contributed by atoms with Crippen LogP contribution >= 0.6 is 0 Å². The van der Waals surface area contributed by atoms with Gasteiger partial charge < -0.3 is 24.8 Å². The molecule has 7 nitrogen and oxygen atoms in total. The molecule has 198 valence electrons. The van der Waals surface area contributed by atoms with Gasteiger partial charge >= 0.3 is 12.1 Å². The molecule has 1 aliphatic heterocycles. The molecule has 1 heterocycles. The zero-order chi connectivity index (χ0) is 26.6. The van der Waals surface area contributed by atoms with Gasteiger partial charge in [-0.3, -0.25) is 4.79 Å². The van der Waals surface area contributed by atoms with Gasteiger partial charge in [-0.2, -0.15) is 13.2 Å². The number of methoxy groups -OCH3 is 1. The Morgan fingerprint density at radius 3 is 2.43 bits per heavy atom. The Kier molecular flexibility index (Phi) is 8.06. The van der Waals surface area contributed by atoms with Crippen molar-refractivity contribution in [2.45, 2.75) is 44.2 Å². The number of amides is 1. The summed E-state index contributed by atoms with van der Waals surface area (Å²) in [6.45, 7) is -0.543. The highest BCUT2D eigenvalue weighted by molar-refractivity contribution is 6.08. The number of carbonyl (C=O) groups excluding carboxylic acids is 2. The lowest BCUT2D eigenvalue weighted by molar-refractivity contribution is -0.138. The number of hydrogen-bond acceptors (Lipinski definition) is 6. The van der Waals surface area contributed by atoms with Crippen LogP contribution < -0.4 is 10.1 Å². The number of rotatable bonds is 8. The first kappa shape index (κ1) is 26.5. The summed E-state index contributed by atoms with van der Waals surface area (Å²) in [6.07, 6.45) is 1.26. The number of hydrogen-bond donors (Lipinski definition) is 2. The van der Waals surface area contributed by atoms with Gasteiger partial charge in [0.1, 0.15) is 11.4 Å². The molecule has 0 unspecified atom stereocenters. The topological polar surface area (TPSA) is 88.1 Å². The molecule has 0 saturated heterocycles. The van der Waals surface area contributed by atoms with E-state index in [-0.39, 0.29) is 42.4 Å². The Morgan fingerprint density at radius 2 is 1.81 bits per heavy atom. The van der Waals surface area contributed by atoms with E-state index < -0.39 is 23.6 Å². The first-order chi connectivity index (χ1) is 17.7. The Labute approximate surface area is 212 Å². The van der Waals surface area contributed by atoms with Crippen molar-refractivity contribution < 1.29 is 37.3 Å². The second-order valence-corrected chi connectivity index (χ2v) is 9.14. The molecule has 0 atom stereocenters. The van der Waals surface area contributed by atoms with E-state index in [1.54, 1.807) is 12.1 Å². The molecule has 0 bridgehead atoms. The normalized spacial score (nSPS) is 16.8. The first-order valence-electron chi connectivity index (χ1n) is 12.2. The van der Waals surface area contributed by atoms with Crippen molar-refractivity contribution in [3.05, 3.63) is 64.9 Å². The summed E-state index contributed by atoms with van der Waals surface area (Å²) in [5.74, 6) is -0.489. The van der Waals surface area contributed by atoms with Crippen LogP contribution in [0.4, 0.5) is 18.9 Å². The summed E-state index contributed by atoms with van der Waals surface area (Å²) < 4.78 is 51.2. The maximum atomic E-state index is 13.5. The van der Waals surface area contributed by atoms with E-state index in [4.69, 9.17) is 9.47 Å². The summed E-state index contributed by atoms with van der Waals surface area (Å²) in [4.78, 5) is 26.4. The lowest BCUT2D eigenvalue weighted by atomic mass is 9.84. The average molecular weight is 519 g/mol. The number of alkyl halides is 3. The summed E-state index contributed by atoms with van der Waals surface area (Å²) in [7, 11) is 1.14. The minimum Gasteiger partial charge on any atom is -0.466 e. The number of β-amino-alcohol motifs (C(OH)–C–C–N with tert-alkyl or cyclic N) is 1. The second kappa shape index (κ2) is 11.2. The first-order valence-corrected chi connectivity index (χ1v) is 12.2. The van der Waals surface area contributed by atoms with Crippen LogP contribution in [0.15, 0.2) is 53.7 Å². The Hall–Kier alpha value is -3.53. The van der Waals surface area contributed by atoms with E-state index in [1.165, 1.54) is 35.8 Å². The molecule has 10 heteroatoms. The fourth-order valence-electron chi connectivity index (χ4n) is 4.75. The highest BCUT2D eigenvalue weighted by atomic mass is 19.4. The van der Waals surface area contributed by atoms with Gasteiger partial charge in [-0.05, 0) is 54.7 Å². The zero-order valence-corrected chi connectivity index (χ0v) is 20.4. The molecular weight excluding hydrogens is 489 g/mol. The maximum absolute atomic E-state index is 13.5. The van der Waals surface area contributed by atoms with Crippen molar-refractivity contribution in [3.8, 4) is 11.5 Å². The quantitative estimate of drug-likeness (QED) is 0.466. The molecule has 1 aliphatic carbocycles. The number of benzene rings is 2. The summed E-state index contributed by atoms with van der Waals surface area (Å²) in [6, 6.07) is 10.4. The van der Waals surface area contributed by atoms with Crippen LogP contribution in [0, 0.1) is 0 Å².